The van der Waals surface area contributed by atoms with Gasteiger partial charge in [0, 0.05) is 28.0 Å². The lowest BCUT2D eigenvalue weighted by molar-refractivity contribution is 0.0947. The number of carbonyl (C=O) groups is 1. The molecular weight excluding hydrogens is 322 g/mol. The van der Waals surface area contributed by atoms with Crippen LogP contribution in [-0.4, -0.2) is 23.0 Å². The Balaban J connectivity index is 2.46. The third kappa shape index (κ3) is 3.26. The molecule has 2 rings (SSSR count). The zero-order chi connectivity index (χ0) is 14.9. The molecule has 0 spiro atoms. The minimum atomic E-state index is -0.507. The molecule has 1 aromatic heterocycles. The van der Waals surface area contributed by atoms with E-state index in [9.17, 15) is 9.59 Å². The molecule has 0 aliphatic heterocycles. The fourth-order valence-electron chi connectivity index (χ4n) is 1.83. The van der Waals surface area contributed by atoms with Crippen molar-refractivity contribution >= 4 is 32.7 Å². The van der Waals surface area contributed by atoms with E-state index in [-0.39, 0.29) is 11.5 Å². The van der Waals surface area contributed by atoms with Crippen LogP contribution in [0.2, 0.25) is 0 Å². The van der Waals surface area contributed by atoms with Gasteiger partial charge in [0.2, 0.25) is 5.56 Å². The largest absolute Gasteiger partial charge is 0.350 e. The maximum atomic E-state index is 12.2. The molecule has 0 unspecified atom stereocenters. The molecule has 0 saturated heterocycles. The van der Waals surface area contributed by atoms with Crippen molar-refractivity contribution < 1.29 is 4.79 Å². The number of carbonyl (C=O) groups excluding carboxylic acids is 1. The van der Waals surface area contributed by atoms with Crippen molar-refractivity contribution in [3.8, 4) is 0 Å². The number of amides is 1. The van der Waals surface area contributed by atoms with E-state index in [4.69, 9.17) is 5.73 Å². The summed E-state index contributed by atoms with van der Waals surface area (Å²) in [6.45, 7) is 3.97. The van der Waals surface area contributed by atoms with Gasteiger partial charge in [0.25, 0.3) is 5.91 Å². The third-order valence-electron chi connectivity index (χ3n) is 2.78. The first-order valence-electron chi connectivity index (χ1n) is 6.16. The van der Waals surface area contributed by atoms with Crippen molar-refractivity contribution in [2.45, 2.75) is 19.4 Å². The van der Waals surface area contributed by atoms with Gasteiger partial charge < -0.3 is 16.0 Å². The number of nitrogens with two attached hydrogens (primary N) is 1. The number of halogens is 1. The molecule has 1 aromatic carbocycles. The van der Waals surface area contributed by atoms with E-state index in [1.54, 1.807) is 6.07 Å². The van der Waals surface area contributed by atoms with E-state index >= 15 is 0 Å². The van der Waals surface area contributed by atoms with Crippen LogP contribution in [0.4, 0.5) is 0 Å². The van der Waals surface area contributed by atoms with Crippen molar-refractivity contribution in [2.24, 2.45) is 5.73 Å². The fourth-order valence-corrected chi connectivity index (χ4v) is 2.30. The van der Waals surface area contributed by atoms with Gasteiger partial charge in [0.1, 0.15) is 0 Å². The maximum Gasteiger partial charge on any atom is 0.252 e. The maximum absolute atomic E-state index is 12.2. The van der Waals surface area contributed by atoms with Gasteiger partial charge in [0.05, 0.1) is 11.1 Å². The van der Waals surface area contributed by atoms with E-state index in [0.717, 1.165) is 4.47 Å². The van der Waals surface area contributed by atoms with Crippen LogP contribution in [0, 0.1) is 0 Å². The van der Waals surface area contributed by atoms with Gasteiger partial charge in [-0.15, -0.1) is 0 Å². The Morgan fingerprint density at radius 3 is 2.80 bits per heavy atom. The Bertz CT molecular complexity index is 716. The number of fused-ring (bicyclic) bond motifs is 1. The number of aromatic amines is 1. The first kappa shape index (κ1) is 14.7. The van der Waals surface area contributed by atoms with Gasteiger partial charge in [-0.1, -0.05) is 12.1 Å². The number of nitrogens with one attached hydrogen (secondary N) is 2. The van der Waals surface area contributed by atoms with Gasteiger partial charge in [-0.05, 0) is 35.8 Å². The number of H-pyrrole nitrogens is 1. The molecule has 5 nitrogen and oxygen atoms in total. The first-order chi connectivity index (χ1) is 9.28. The predicted molar refractivity (Wildman–Crippen MR) is 82.9 cm³/mol. The summed E-state index contributed by atoms with van der Waals surface area (Å²) in [5.74, 6) is -0.308. The molecule has 20 heavy (non-hydrogen) atoms. The van der Waals surface area contributed by atoms with Crippen molar-refractivity contribution in [1.82, 2.24) is 10.3 Å². The molecule has 0 aliphatic carbocycles. The first-order valence-corrected chi connectivity index (χ1v) is 6.96. The average Bonchev–Trinajstić information content (AvgIpc) is 2.35. The summed E-state index contributed by atoms with van der Waals surface area (Å²) in [7, 11) is 0. The number of aromatic nitrogens is 1. The van der Waals surface area contributed by atoms with Gasteiger partial charge in [-0.2, -0.15) is 0 Å². The standard InChI is InChI=1S/C14H16BrN3O2/c1-14(2,16)7-17-13(20)9-6-11(19)18-12-8(9)4-3-5-10(12)15/h3-6H,7,16H2,1-2H3,(H,17,20)(H,18,19). The highest BCUT2D eigenvalue weighted by molar-refractivity contribution is 9.10. The lowest BCUT2D eigenvalue weighted by atomic mass is 10.1. The average molecular weight is 338 g/mol. The Labute approximate surface area is 124 Å². The molecule has 0 atom stereocenters. The van der Waals surface area contributed by atoms with E-state index in [1.807, 2.05) is 26.0 Å². The van der Waals surface area contributed by atoms with Crippen molar-refractivity contribution in [3.05, 3.63) is 44.7 Å². The normalized spacial score (nSPS) is 11.6. The molecule has 0 radical (unpaired) electrons. The number of hydrogen-bond donors (Lipinski definition) is 3. The molecule has 1 amide bonds. The summed E-state index contributed by atoms with van der Waals surface area (Å²) in [6.07, 6.45) is 0. The molecular formula is C14H16BrN3O2. The molecule has 0 bridgehead atoms. The third-order valence-corrected chi connectivity index (χ3v) is 3.44. The van der Waals surface area contributed by atoms with E-state index in [2.05, 4.69) is 26.2 Å². The van der Waals surface area contributed by atoms with Gasteiger partial charge in [-0.25, -0.2) is 0 Å². The van der Waals surface area contributed by atoms with Crippen LogP contribution in [0.1, 0.15) is 24.2 Å². The minimum absolute atomic E-state index is 0.308. The minimum Gasteiger partial charge on any atom is -0.350 e. The number of rotatable bonds is 3. The van der Waals surface area contributed by atoms with Crippen LogP contribution in [0.5, 0.6) is 0 Å². The van der Waals surface area contributed by atoms with Crippen LogP contribution in [0.3, 0.4) is 0 Å². The highest BCUT2D eigenvalue weighted by Gasteiger charge is 2.16. The molecule has 1 heterocycles. The van der Waals surface area contributed by atoms with Crippen molar-refractivity contribution in [3.63, 3.8) is 0 Å². The summed E-state index contributed by atoms with van der Waals surface area (Å²) in [4.78, 5) is 26.6. The van der Waals surface area contributed by atoms with Crippen LogP contribution in [0.25, 0.3) is 10.9 Å². The summed E-state index contributed by atoms with van der Waals surface area (Å²) in [6, 6.07) is 6.71. The smallest absolute Gasteiger partial charge is 0.252 e. The summed E-state index contributed by atoms with van der Waals surface area (Å²) >= 11 is 3.36. The highest BCUT2D eigenvalue weighted by atomic mass is 79.9. The second-order valence-corrected chi connectivity index (χ2v) is 6.24. The lowest BCUT2D eigenvalue weighted by Gasteiger charge is -2.19. The molecule has 0 saturated carbocycles. The van der Waals surface area contributed by atoms with Crippen molar-refractivity contribution in [2.75, 3.05) is 6.54 Å². The second-order valence-electron chi connectivity index (χ2n) is 5.38. The monoisotopic (exact) mass is 337 g/mol. The molecule has 6 heteroatoms. The summed E-state index contributed by atoms with van der Waals surface area (Å²) in [5.41, 5.74) is 5.96. The quantitative estimate of drug-likeness (QED) is 0.797. The Morgan fingerprint density at radius 2 is 2.15 bits per heavy atom. The van der Waals surface area contributed by atoms with Crippen LogP contribution < -0.4 is 16.6 Å². The number of pyridine rings is 1. The van der Waals surface area contributed by atoms with Gasteiger partial charge >= 0.3 is 0 Å². The summed E-state index contributed by atoms with van der Waals surface area (Å²) < 4.78 is 0.737. The van der Waals surface area contributed by atoms with E-state index < -0.39 is 5.54 Å². The number of benzene rings is 1. The molecule has 106 valence electrons. The molecule has 2 aromatic rings. The number of hydrogen-bond acceptors (Lipinski definition) is 3. The zero-order valence-corrected chi connectivity index (χ0v) is 12.9. The predicted octanol–water partition coefficient (Wildman–Crippen LogP) is 1.76. The second kappa shape index (κ2) is 5.38. The Hall–Kier alpha value is -1.66. The van der Waals surface area contributed by atoms with E-state index in [1.165, 1.54) is 6.07 Å². The zero-order valence-electron chi connectivity index (χ0n) is 11.3. The highest BCUT2D eigenvalue weighted by Crippen LogP contribution is 2.23. The summed E-state index contributed by atoms with van der Waals surface area (Å²) in [5, 5.41) is 3.43. The van der Waals surface area contributed by atoms with Crippen LogP contribution in [-0.2, 0) is 0 Å². The fraction of sp³-hybridized carbons (Fsp3) is 0.286. The SMILES string of the molecule is CC(C)(N)CNC(=O)c1cc(=O)[nH]c2c(Br)cccc12. The molecule has 4 N–H and O–H groups in total. The number of para-hydroxylation sites is 1. The Kier molecular flexibility index (Phi) is 3.96. The van der Waals surface area contributed by atoms with E-state index in [0.29, 0.717) is 23.0 Å². The lowest BCUT2D eigenvalue weighted by Crippen LogP contribution is -2.45. The molecule has 0 fully saturated rings. The van der Waals surface area contributed by atoms with Crippen LogP contribution >= 0.6 is 15.9 Å². The van der Waals surface area contributed by atoms with Gasteiger partial charge in [-0.3, -0.25) is 9.59 Å². The van der Waals surface area contributed by atoms with Crippen molar-refractivity contribution in [1.29, 1.82) is 0 Å². The topological polar surface area (TPSA) is 88.0 Å². The van der Waals surface area contributed by atoms with Crippen LogP contribution in [0.15, 0.2) is 33.5 Å². The molecule has 0 aliphatic rings. The Morgan fingerprint density at radius 1 is 1.45 bits per heavy atom. The van der Waals surface area contributed by atoms with Gasteiger partial charge in [0.15, 0.2) is 0 Å².